The van der Waals surface area contributed by atoms with Crippen LogP contribution in [-0.4, -0.2) is 31.8 Å². The molecular weight excluding hydrogens is 358 g/mol. The second kappa shape index (κ2) is 8.04. The Morgan fingerprint density at radius 3 is 2.80 bits per heavy atom. The van der Waals surface area contributed by atoms with Crippen molar-refractivity contribution in [1.29, 1.82) is 0 Å². The zero-order valence-corrected chi connectivity index (χ0v) is 15.0. The molecule has 0 fully saturated rings. The van der Waals surface area contributed by atoms with Crippen LogP contribution < -0.4 is 10.9 Å². The first kappa shape index (κ1) is 17.3. The van der Waals surface area contributed by atoms with Gasteiger partial charge in [0.15, 0.2) is 5.16 Å². The van der Waals surface area contributed by atoms with Gasteiger partial charge in [0.1, 0.15) is 5.01 Å². The first-order valence-corrected chi connectivity index (χ1v) is 9.36. The van der Waals surface area contributed by atoms with E-state index in [0.29, 0.717) is 16.0 Å². The van der Waals surface area contributed by atoms with Gasteiger partial charge in [0, 0.05) is 11.6 Å². The number of amides is 1. The predicted molar refractivity (Wildman–Crippen MR) is 98.9 cm³/mol. The Labute approximate surface area is 151 Å². The van der Waals surface area contributed by atoms with Gasteiger partial charge in [0.05, 0.1) is 11.4 Å². The van der Waals surface area contributed by atoms with Gasteiger partial charge in [-0.1, -0.05) is 60.4 Å². The van der Waals surface area contributed by atoms with E-state index in [2.05, 4.69) is 25.5 Å². The van der Waals surface area contributed by atoms with Gasteiger partial charge >= 0.3 is 0 Å². The number of carbonyl (C=O) groups is 1. The van der Waals surface area contributed by atoms with Crippen LogP contribution in [0.25, 0.3) is 11.3 Å². The molecule has 0 aliphatic heterocycles. The fourth-order valence-electron chi connectivity index (χ4n) is 2.00. The zero-order chi connectivity index (χ0) is 17.6. The maximum Gasteiger partial charge on any atom is 0.252 e. The van der Waals surface area contributed by atoms with Crippen molar-refractivity contribution in [2.24, 2.45) is 0 Å². The number of nitrogens with zero attached hydrogens (tertiary/aromatic N) is 3. The van der Waals surface area contributed by atoms with Crippen LogP contribution >= 0.6 is 23.1 Å². The van der Waals surface area contributed by atoms with E-state index in [1.54, 1.807) is 0 Å². The van der Waals surface area contributed by atoms with Gasteiger partial charge in [-0.05, 0) is 6.42 Å². The third kappa shape index (κ3) is 4.74. The maximum absolute atomic E-state index is 12.0. The summed E-state index contributed by atoms with van der Waals surface area (Å²) < 4.78 is 0. The monoisotopic (exact) mass is 373 g/mol. The second-order valence-corrected chi connectivity index (χ2v) is 7.02. The summed E-state index contributed by atoms with van der Waals surface area (Å²) in [5.41, 5.74) is 1.17. The van der Waals surface area contributed by atoms with Crippen LogP contribution in [0.5, 0.6) is 0 Å². The summed E-state index contributed by atoms with van der Waals surface area (Å²) in [6.07, 6.45) is 0.778. The number of rotatable bonds is 6. The first-order chi connectivity index (χ1) is 12.1. The minimum absolute atomic E-state index is 0.113. The Bertz CT molecular complexity index is 924. The van der Waals surface area contributed by atoms with Crippen molar-refractivity contribution in [3.63, 3.8) is 0 Å². The Balaban J connectivity index is 1.65. The highest BCUT2D eigenvalue weighted by molar-refractivity contribution is 7.99. The van der Waals surface area contributed by atoms with Crippen LogP contribution in [0.15, 0.2) is 46.3 Å². The van der Waals surface area contributed by atoms with Crippen LogP contribution in [0.1, 0.15) is 11.9 Å². The number of aryl methyl sites for hydroxylation is 1. The molecule has 0 aliphatic rings. The molecule has 3 rings (SSSR count). The molecule has 0 saturated carbocycles. The van der Waals surface area contributed by atoms with Crippen LogP contribution in [-0.2, 0) is 11.2 Å². The molecule has 0 spiro atoms. The summed E-state index contributed by atoms with van der Waals surface area (Å²) in [4.78, 5) is 30.9. The largest absolute Gasteiger partial charge is 0.301 e. The van der Waals surface area contributed by atoms with E-state index in [1.807, 2.05) is 37.3 Å². The van der Waals surface area contributed by atoms with Crippen LogP contribution in [0, 0.1) is 0 Å². The summed E-state index contributed by atoms with van der Waals surface area (Å²) in [5, 5.41) is 12.3. The van der Waals surface area contributed by atoms with Gasteiger partial charge in [-0.25, -0.2) is 4.98 Å². The van der Waals surface area contributed by atoms with Crippen molar-refractivity contribution in [3.05, 3.63) is 51.8 Å². The Kier molecular flexibility index (Phi) is 5.56. The molecule has 0 aliphatic carbocycles. The van der Waals surface area contributed by atoms with Crippen LogP contribution in [0.2, 0.25) is 0 Å². The highest BCUT2D eigenvalue weighted by atomic mass is 32.2. The number of thioether (sulfide) groups is 1. The first-order valence-electron chi connectivity index (χ1n) is 7.56. The van der Waals surface area contributed by atoms with Gasteiger partial charge < -0.3 is 4.98 Å². The van der Waals surface area contributed by atoms with Crippen LogP contribution in [0.4, 0.5) is 5.13 Å². The van der Waals surface area contributed by atoms with Gasteiger partial charge in [0.2, 0.25) is 11.0 Å². The number of hydrogen-bond acceptors (Lipinski definition) is 7. The number of benzene rings is 1. The molecule has 7 nitrogen and oxygen atoms in total. The van der Waals surface area contributed by atoms with Gasteiger partial charge in [-0.3, -0.25) is 14.9 Å². The molecule has 0 unspecified atom stereocenters. The third-order valence-electron chi connectivity index (χ3n) is 3.15. The SMILES string of the molecule is CCc1nnc(NC(=O)CSc2nc(-c3ccccc3)cc(=O)[nH]2)s1. The molecule has 0 bridgehead atoms. The minimum atomic E-state index is -0.256. The van der Waals surface area contributed by atoms with Crippen molar-refractivity contribution in [3.8, 4) is 11.3 Å². The van der Waals surface area contributed by atoms with E-state index in [1.165, 1.54) is 17.4 Å². The van der Waals surface area contributed by atoms with Crippen LogP contribution in [0.3, 0.4) is 0 Å². The number of H-pyrrole nitrogens is 1. The van der Waals surface area contributed by atoms with E-state index in [9.17, 15) is 9.59 Å². The van der Waals surface area contributed by atoms with E-state index in [0.717, 1.165) is 28.8 Å². The van der Waals surface area contributed by atoms with E-state index in [-0.39, 0.29) is 17.2 Å². The van der Waals surface area contributed by atoms with Gasteiger partial charge in [0.25, 0.3) is 5.56 Å². The lowest BCUT2D eigenvalue weighted by atomic mass is 10.1. The average molecular weight is 373 g/mol. The molecule has 0 radical (unpaired) electrons. The van der Waals surface area contributed by atoms with E-state index < -0.39 is 0 Å². The number of hydrogen-bond donors (Lipinski definition) is 2. The average Bonchev–Trinajstić information content (AvgIpc) is 3.08. The smallest absolute Gasteiger partial charge is 0.252 e. The van der Waals surface area contributed by atoms with Crippen molar-refractivity contribution in [2.45, 2.75) is 18.5 Å². The highest BCUT2D eigenvalue weighted by Gasteiger charge is 2.10. The number of carbonyl (C=O) groups excluding carboxylic acids is 1. The highest BCUT2D eigenvalue weighted by Crippen LogP contribution is 2.19. The van der Waals surface area contributed by atoms with Crippen molar-refractivity contribution < 1.29 is 4.79 Å². The predicted octanol–water partition coefficient (Wildman–Crippen LogP) is 2.58. The van der Waals surface area contributed by atoms with Crippen molar-refractivity contribution in [1.82, 2.24) is 20.2 Å². The molecule has 9 heteroatoms. The lowest BCUT2D eigenvalue weighted by molar-refractivity contribution is -0.113. The molecule has 1 aromatic carbocycles. The molecule has 2 aromatic heterocycles. The molecule has 3 aromatic rings. The molecule has 0 saturated heterocycles. The normalized spacial score (nSPS) is 10.6. The second-order valence-electron chi connectivity index (χ2n) is 4.99. The molecular formula is C16H15N5O2S2. The standard InChI is InChI=1S/C16H15N5O2S2/c1-2-14-20-21-16(25-14)19-13(23)9-24-15-17-11(8-12(22)18-15)10-6-4-3-5-7-10/h3-8H,2,9H2,1H3,(H,17,18,22)(H,19,21,23). The molecule has 2 heterocycles. The fourth-order valence-corrected chi connectivity index (χ4v) is 3.37. The lowest BCUT2D eigenvalue weighted by Crippen LogP contribution is -2.15. The summed E-state index contributed by atoms with van der Waals surface area (Å²) in [6, 6.07) is 10.9. The molecule has 128 valence electrons. The lowest BCUT2D eigenvalue weighted by Gasteiger charge is -2.04. The van der Waals surface area contributed by atoms with Gasteiger partial charge in [-0.2, -0.15) is 0 Å². The maximum atomic E-state index is 12.0. The number of aromatic nitrogens is 4. The summed E-state index contributed by atoms with van der Waals surface area (Å²) in [5.74, 6) is -0.112. The molecule has 1 amide bonds. The zero-order valence-electron chi connectivity index (χ0n) is 13.4. The Morgan fingerprint density at radius 2 is 2.08 bits per heavy atom. The Hall–Kier alpha value is -2.52. The minimum Gasteiger partial charge on any atom is -0.301 e. The van der Waals surface area contributed by atoms with Gasteiger partial charge in [-0.15, -0.1) is 10.2 Å². The summed E-state index contributed by atoms with van der Waals surface area (Å²) in [7, 11) is 0. The number of aromatic amines is 1. The fraction of sp³-hybridized carbons (Fsp3) is 0.188. The summed E-state index contributed by atoms with van der Waals surface area (Å²) >= 11 is 2.51. The topological polar surface area (TPSA) is 101 Å². The van der Waals surface area contributed by atoms with E-state index >= 15 is 0 Å². The Morgan fingerprint density at radius 1 is 1.28 bits per heavy atom. The van der Waals surface area contributed by atoms with E-state index in [4.69, 9.17) is 0 Å². The molecule has 2 N–H and O–H groups in total. The number of nitrogens with one attached hydrogen (secondary N) is 2. The summed E-state index contributed by atoms with van der Waals surface area (Å²) in [6.45, 7) is 1.98. The van der Waals surface area contributed by atoms with Crippen molar-refractivity contribution >= 4 is 34.1 Å². The van der Waals surface area contributed by atoms with Crippen molar-refractivity contribution in [2.75, 3.05) is 11.1 Å². The third-order valence-corrected chi connectivity index (χ3v) is 5.00. The molecule has 25 heavy (non-hydrogen) atoms. The number of anilines is 1. The molecule has 0 atom stereocenters. The quantitative estimate of drug-likeness (QED) is 0.509.